The highest BCUT2D eigenvalue weighted by atomic mass is 35.5. The number of likely N-dealkylation sites (tertiary alicyclic amines) is 1. The summed E-state index contributed by atoms with van der Waals surface area (Å²) in [6.45, 7) is 1.98. The summed E-state index contributed by atoms with van der Waals surface area (Å²) in [5, 5.41) is 17.6. The fourth-order valence-electron chi connectivity index (χ4n) is 4.48. The standard InChI is InChI=1S/C29H26ClFN6O2/c30-26-15-23(7-9-28(26)38-17-21-3-1-4-22(31)13-21)36-29-25-14-20(6-8-27(25)33-19-34-29)16-35-39-18-24-5-2-11-37(24)12-10-32/h1,3-4,6-9,13-16,19,24H,2,5,11-12,17-18H2,(H,33,34,36). The van der Waals surface area contributed by atoms with Gasteiger partial charge in [-0.1, -0.05) is 35.0 Å². The first-order chi connectivity index (χ1) is 19.1. The van der Waals surface area contributed by atoms with Crippen molar-refractivity contribution >= 4 is 40.2 Å². The average molecular weight is 545 g/mol. The molecule has 1 fully saturated rings. The number of ether oxygens (including phenoxy) is 1. The molecule has 2 heterocycles. The second kappa shape index (κ2) is 12.5. The first-order valence-electron chi connectivity index (χ1n) is 12.5. The van der Waals surface area contributed by atoms with Gasteiger partial charge in [-0.25, -0.2) is 14.4 Å². The molecule has 4 aromatic rings. The summed E-state index contributed by atoms with van der Waals surface area (Å²) in [6.07, 6.45) is 5.22. The van der Waals surface area contributed by atoms with Crippen LogP contribution in [0.3, 0.4) is 0 Å². The second-order valence-electron chi connectivity index (χ2n) is 9.14. The Morgan fingerprint density at radius 3 is 2.95 bits per heavy atom. The van der Waals surface area contributed by atoms with Crippen molar-refractivity contribution in [3.05, 3.63) is 89.0 Å². The minimum Gasteiger partial charge on any atom is -0.487 e. The second-order valence-corrected chi connectivity index (χ2v) is 9.55. The third-order valence-corrected chi connectivity index (χ3v) is 6.75. The van der Waals surface area contributed by atoms with Crippen molar-refractivity contribution in [1.29, 1.82) is 5.26 Å². The smallest absolute Gasteiger partial charge is 0.141 e. The molecule has 1 aromatic heterocycles. The van der Waals surface area contributed by atoms with Gasteiger partial charge in [0.2, 0.25) is 0 Å². The number of anilines is 2. The van der Waals surface area contributed by atoms with Crippen LogP contribution in [0.2, 0.25) is 5.02 Å². The maximum Gasteiger partial charge on any atom is 0.141 e. The van der Waals surface area contributed by atoms with E-state index in [0.717, 1.165) is 41.5 Å². The molecule has 1 atom stereocenters. The van der Waals surface area contributed by atoms with Crippen LogP contribution in [0.15, 0.2) is 72.1 Å². The van der Waals surface area contributed by atoms with E-state index >= 15 is 0 Å². The number of nitrogens with one attached hydrogen (secondary N) is 1. The molecular formula is C29H26ClFN6O2. The normalized spacial score (nSPS) is 15.5. The van der Waals surface area contributed by atoms with Crippen LogP contribution < -0.4 is 10.1 Å². The number of nitriles is 1. The number of hydrogen-bond acceptors (Lipinski definition) is 8. The summed E-state index contributed by atoms with van der Waals surface area (Å²) in [5.74, 6) is 0.790. The monoisotopic (exact) mass is 544 g/mol. The van der Waals surface area contributed by atoms with Crippen molar-refractivity contribution in [2.24, 2.45) is 5.16 Å². The maximum atomic E-state index is 13.4. The number of aromatic nitrogens is 2. The summed E-state index contributed by atoms with van der Waals surface area (Å²) in [5.41, 5.74) is 3.04. The van der Waals surface area contributed by atoms with E-state index in [-0.39, 0.29) is 18.5 Å². The summed E-state index contributed by atoms with van der Waals surface area (Å²) in [4.78, 5) is 16.4. The molecule has 0 bridgehead atoms. The largest absolute Gasteiger partial charge is 0.487 e. The Labute approximate surface area is 230 Å². The van der Waals surface area contributed by atoms with Crippen LogP contribution >= 0.6 is 11.6 Å². The summed E-state index contributed by atoms with van der Waals surface area (Å²) >= 11 is 6.46. The zero-order valence-electron chi connectivity index (χ0n) is 21.1. The molecular weight excluding hydrogens is 519 g/mol. The van der Waals surface area contributed by atoms with Gasteiger partial charge >= 0.3 is 0 Å². The maximum absolute atomic E-state index is 13.4. The van der Waals surface area contributed by atoms with Crippen LogP contribution in [0.25, 0.3) is 10.9 Å². The highest BCUT2D eigenvalue weighted by Crippen LogP contribution is 2.31. The van der Waals surface area contributed by atoms with Gasteiger partial charge in [0, 0.05) is 17.1 Å². The van der Waals surface area contributed by atoms with E-state index < -0.39 is 0 Å². The van der Waals surface area contributed by atoms with Crippen LogP contribution in [-0.2, 0) is 11.4 Å². The van der Waals surface area contributed by atoms with Crippen molar-refractivity contribution in [2.45, 2.75) is 25.5 Å². The lowest BCUT2D eigenvalue weighted by Gasteiger charge is -2.19. The molecule has 3 aromatic carbocycles. The Kier molecular flexibility index (Phi) is 8.46. The van der Waals surface area contributed by atoms with Crippen molar-refractivity contribution in [3.8, 4) is 11.8 Å². The van der Waals surface area contributed by atoms with E-state index in [0.29, 0.717) is 35.3 Å². The Bertz CT molecular complexity index is 1530. The number of nitrogens with zero attached hydrogens (tertiary/aromatic N) is 5. The lowest BCUT2D eigenvalue weighted by atomic mass is 10.1. The third kappa shape index (κ3) is 6.79. The Hall–Kier alpha value is -4.26. The number of fused-ring (bicyclic) bond motifs is 1. The zero-order valence-corrected chi connectivity index (χ0v) is 21.8. The molecule has 198 valence electrons. The summed E-state index contributed by atoms with van der Waals surface area (Å²) in [6, 6.07) is 19.7. The molecule has 0 radical (unpaired) electrons. The topological polar surface area (TPSA) is 95.7 Å². The lowest BCUT2D eigenvalue weighted by molar-refractivity contribution is 0.0884. The van der Waals surface area contributed by atoms with Gasteiger partial charge in [-0.3, -0.25) is 4.90 Å². The fraction of sp³-hybridized carbons (Fsp3) is 0.241. The van der Waals surface area contributed by atoms with E-state index in [4.69, 9.17) is 26.4 Å². The molecule has 1 unspecified atom stereocenters. The first kappa shape index (κ1) is 26.4. The summed E-state index contributed by atoms with van der Waals surface area (Å²) < 4.78 is 19.2. The predicted molar refractivity (Wildman–Crippen MR) is 149 cm³/mol. The van der Waals surface area contributed by atoms with Crippen molar-refractivity contribution < 1.29 is 14.0 Å². The van der Waals surface area contributed by atoms with E-state index in [9.17, 15) is 4.39 Å². The average Bonchev–Trinajstić information content (AvgIpc) is 3.38. The van der Waals surface area contributed by atoms with Gasteiger partial charge in [0.1, 0.15) is 36.9 Å². The molecule has 0 spiro atoms. The van der Waals surface area contributed by atoms with Crippen molar-refractivity contribution in [1.82, 2.24) is 14.9 Å². The predicted octanol–water partition coefficient (Wildman–Crippen LogP) is 6.08. The molecule has 0 amide bonds. The molecule has 1 aliphatic rings. The molecule has 1 aliphatic heterocycles. The minimum absolute atomic E-state index is 0.202. The zero-order chi connectivity index (χ0) is 27.0. The Morgan fingerprint density at radius 2 is 2.10 bits per heavy atom. The van der Waals surface area contributed by atoms with Gasteiger partial charge in [0.25, 0.3) is 0 Å². The van der Waals surface area contributed by atoms with Gasteiger partial charge in [-0.05, 0) is 73.0 Å². The number of hydrogen-bond donors (Lipinski definition) is 1. The molecule has 5 rings (SSSR count). The van der Waals surface area contributed by atoms with E-state index in [1.54, 1.807) is 30.5 Å². The van der Waals surface area contributed by atoms with Crippen molar-refractivity contribution in [3.63, 3.8) is 0 Å². The molecule has 39 heavy (non-hydrogen) atoms. The van der Waals surface area contributed by atoms with Crippen molar-refractivity contribution in [2.75, 3.05) is 25.0 Å². The van der Waals surface area contributed by atoms with Crippen LogP contribution in [0.5, 0.6) is 5.75 Å². The van der Waals surface area contributed by atoms with Gasteiger partial charge in [0.15, 0.2) is 0 Å². The molecule has 1 saturated heterocycles. The van der Waals surface area contributed by atoms with Gasteiger partial charge in [-0.15, -0.1) is 0 Å². The quantitative estimate of drug-likeness (QED) is 0.147. The molecule has 10 heteroatoms. The highest BCUT2D eigenvalue weighted by Gasteiger charge is 2.24. The van der Waals surface area contributed by atoms with E-state index in [1.807, 2.05) is 24.3 Å². The molecule has 0 saturated carbocycles. The van der Waals surface area contributed by atoms with Crippen LogP contribution in [0, 0.1) is 17.1 Å². The number of halogens is 2. The number of benzene rings is 3. The molecule has 0 aliphatic carbocycles. The Balaban J connectivity index is 1.24. The SMILES string of the molecule is N#CCN1CCCC1CON=Cc1ccc2ncnc(Nc3ccc(OCc4cccc(F)c4)c(Cl)c3)c2c1. The third-order valence-electron chi connectivity index (χ3n) is 6.45. The molecule has 1 N–H and O–H groups in total. The highest BCUT2D eigenvalue weighted by molar-refractivity contribution is 6.32. The van der Waals surface area contributed by atoms with E-state index in [2.05, 4.69) is 31.4 Å². The lowest BCUT2D eigenvalue weighted by Crippen LogP contribution is -2.32. The van der Waals surface area contributed by atoms with Gasteiger partial charge in [0.05, 0.1) is 29.4 Å². The first-order valence-corrected chi connectivity index (χ1v) is 12.9. The van der Waals surface area contributed by atoms with Gasteiger partial charge < -0.3 is 14.9 Å². The van der Waals surface area contributed by atoms with Crippen LogP contribution in [-0.4, -0.2) is 46.8 Å². The summed E-state index contributed by atoms with van der Waals surface area (Å²) in [7, 11) is 0. The molecule has 8 nitrogen and oxygen atoms in total. The van der Waals surface area contributed by atoms with Crippen LogP contribution in [0.4, 0.5) is 15.9 Å². The van der Waals surface area contributed by atoms with Gasteiger partial charge in [-0.2, -0.15) is 5.26 Å². The number of rotatable bonds is 10. The number of oxime groups is 1. The minimum atomic E-state index is -0.312. The van der Waals surface area contributed by atoms with E-state index in [1.165, 1.54) is 18.5 Å². The Morgan fingerprint density at radius 1 is 1.18 bits per heavy atom. The van der Waals surface area contributed by atoms with Crippen LogP contribution in [0.1, 0.15) is 24.0 Å². The fourth-order valence-corrected chi connectivity index (χ4v) is 4.72.